The highest BCUT2D eigenvalue weighted by atomic mass is 16.7. The zero-order chi connectivity index (χ0) is 15.8. The molecule has 0 saturated carbocycles. The molecule has 0 atom stereocenters. The summed E-state index contributed by atoms with van der Waals surface area (Å²) in [5.41, 5.74) is 3.08. The first-order valence-corrected chi connectivity index (χ1v) is 7.82. The molecule has 118 valence electrons. The number of aromatic hydroxyl groups is 1. The summed E-state index contributed by atoms with van der Waals surface area (Å²) in [6.07, 6.45) is 5.30. The fraction of sp³-hybridized carbons (Fsp3) is 0.588. The first-order chi connectivity index (χ1) is 10.0. The number of hydrogen-bond acceptors (Lipinski definition) is 3. The van der Waals surface area contributed by atoms with E-state index < -0.39 is 6.16 Å². The Balaban J connectivity index is 3.24. The van der Waals surface area contributed by atoms with E-state index in [1.165, 1.54) is 0 Å². The molecule has 0 aliphatic rings. The van der Waals surface area contributed by atoms with Crippen LogP contribution < -0.4 is 4.74 Å². The summed E-state index contributed by atoms with van der Waals surface area (Å²) in [7, 11) is 0. The number of rotatable bonds is 8. The second-order valence-corrected chi connectivity index (χ2v) is 5.27. The van der Waals surface area contributed by atoms with E-state index in [0.29, 0.717) is 0 Å². The molecule has 2 N–H and O–H groups in total. The molecular formula is C17H26O4. The number of carbonyl (C=O) groups is 1. The molecule has 0 amide bonds. The molecule has 0 bridgehead atoms. The second kappa shape index (κ2) is 8.55. The van der Waals surface area contributed by atoms with E-state index in [-0.39, 0.29) is 11.5 Å². The number of ether oxygens (including phenoxy) is 1. The Labute approximate surface area is 126 Å². The van der Waals surface area contributed by atoms with E-state index in [2.05, 4.69) is 13.8 Å². The van der Waals surface area contributed by atoms with Crippen molar-refractivity contribution in [3.05, 3.63) is 22.8 Å². The molecule has 0 aliphatic heterocycles. The van der Waals surface area contributed by atoms with Gasteiger partial charge in [-0.3, -0.25) is 0 Å². The predicted octanol–water partition coefficient (Wildman–Crippen LogP) is 4.70. The van der Waals surface area contributed by atoms with Crippen molar-refractivity contribution in [2.45, 2.75) is 65.7 Å². The molecule has 0 unspecified atom stereocenters. The maximum atomic E-state index is 10.8. The lowest BCUT2D eigenvalue weighted by Crippen LogP contribution is -2.07. The summed E-state index contributed by atoms with van der Waals surface area (Å²) in [6, 6.07) is 1.69. The molecule has 1 aromatic carbocycles. The number of unbranched alkanes of at least 4 members (excludes halogenated alkanes) is 2. The molecule has 0 heterocycles. The van der Waals surface area contributed by atoms with Crippen LogP contribution in [-0.4, -0.2) is 16.4 Å². The van der Waals surface area contributed by atoms with E-state index in [0.717, 1.165) is 61.6 Å². The first-order valence-electron chi connectivity index (χ1n) is 7.82. The maximum absolute atomic E-state index is 10.8. The number of carboxylic acid groups (broad SMARTS) is 1. The quantitative estimate of drug-likeness (QED) is 0.414. The summed E-state index contributed by atoms with van der Waals surface area (Å²) in [6.45, 7) is 6.26. The molecular weight excluding hydrogens is 268 g/mol. The Morgan fingerprint density at radius 1 is 1.10 bits per heavy atom. The van der Waals surface area contributed by atoms with Gasteiger partial charge < -0.3 is 14.9 Å². The molecule has 0 saturated heterocycles. The lowest BCUT2D eigenvalue weighted by atomic mass is 9.91. The Morgan fingerprint density at radius 3 is 2.33 bits per heavy atom. The average molecular weight is 294 g/mol. The van der Waals surface area contributed by atoms with Gasteiger partial charge >= 0.3 is 6.16 Å². The van der Waals surface area contributed by atoms with Gasteiger partial charge in [0, 0.05) is 5.56 Å². The van der Waals surface area contributed by atoms with Crippen LogP contribution in [0.15, 0.2) is 6.07 Å². The van der Waals surface area contributed by atoms with Crippen molar-refractivity contribution in [1.29, 1.82) is 0 Å². The smallest absolute Gasteiger partial charge is 0.504 e. The molecule has 0 fully saturated rings. The van der Waals surface area contributed by atoms with Crippen LogP contribution in [-0.2, 0) is 19.3 Å². The Hall–Kier alpha value is -1.71. The third-order valence-corrected chi connectivity index (χ3v) is 3.68. The molecule has 0 aliphatic carbocycles. The highest BCUT2D eigenvalue weighted by Crippen LogP contribution is 2.37. The number of phenols is 1. The zero-order valence-electron chi connectivity index (χ0n) is 13.2. The van der Waals surface area contributed by atoms with Gasteiger partial charge in [-0.1, -0.05) is 40.0 Å². The third-order valence-electron chi connectivity index (χ3n) is 3.68. The lowest BCUT2D eigenvalue weighted by molar-refractivity contribution is 0.142. The van der Waals surface area contributed by atoms with Gasteiger partial charge in [-0.25, -0.2) is 4.79 Å². The van der Waals surface area contributed by atoms with Crippen molar-refractivity contribution in [3.8, 4) is 11.5 Å². The molecule has 0 spiro atoms. The van der Waals surface area contributed by atoms with Crippen LogP contribution in [0.1, 0.15) is 63.1 Å². The minimum absolute atomic E-state index is 0.0182. The topological polar surface area (TPSA) is 66.8 Å². The van der Waals surface area contributed by atoms with Crippen LogP contribution in [0.25, 0.3) is 0 Å². The van der Waals surface area contributed by atoms with E-state index in [4.69, 9.17) is 9.84 Å². The number of aryl methyl sites for hydroxylation is 1. The van der Waals surface area contributed by atoms with Gasteiger partial charge in [0.1, 0.15) is 0 Å². The monoisotopic (exact) mass is 294 g/mol. The van der Waals surface area contributed by atoms with Crippen molar-refractivity contribution in [3.63, 3.8) is 0 Å². The van der Waals surface area contributed by atoms with Crippen LogP contribution in [0.5, 0.6) is 11.5 Å². The summed E-state index contributed by atoms with van der Waals surface area (Å²) in [5.74, 6) is 0.0463. The standard InChI is InChI=1S/C17H26O4/c1-4-7-8-10-12-11-15(21-17(19)20)16(18)14(9-5-2)13(12)6-3/h11,18H,4-10H2,1-3H3,(H,19,20). The normalized spacial score (nSPS) is 10.6. The Kier molecular flexibility index (Phi) is 7.06. The highest BCUT2D eigenvalue weighted by Gasteiger charge is 2.18. The fourth-order valence-electron chi connectivity index (χ4n) is 2.72. The van der Waals surface area contributed by atoms with Crippen molar-refractivity contribution in [2.75, 3.05) is 0 Å². The minimum atomic E-state index is -1.39. The van der Waals surface area contributed by atoms with E-state index >= 15 is 0 Å². The summed E-state index contributed by atoms with van der Waals surface area (Å²) >= 11 is 0. The zero-order valence-corrected chi connectivity index (χ0v) is 13.2. The predicted molar refractivity (Wildman–Crippen MR) is 83.4 cm³/mol. The van der Waals surface area contributed by atoms with Crippen molar-refractivity contribution in [1.82, 2.24) is 0 Å². The molecule has 4 nitrogen and oxygen atoms in total. The fourth-order valence-corrected chi connectivity index (χ4v) is 2.72. The van der Waals surface area contributed by atoms with E-state index in [9.17, 15) is 9.90 Å². The SMILES string of the molecule is CCCCCc1cc(OC(=O)O)c(O)c(CCC)c1CC. The van der Waals surface area contributed by atoms with Crippen LogP contribution in [0.2, 0.25) is 0 Å². The van der Waals surface area contributed by atoms with Gasteiger partial charge in [0.25, 0.3) is 0 Å². The van der Waals surface area contributed by atoms with Gasteiger partial charge in [0.15, 0.2) is 11.5 Å². The molecule has 21 heavy (non-hydrogen) atoms. The van der Waals surface area contributed by atoms with Gasteiger partial charge in [-0.2, -0.15) is 0 Å². The van der Waals surface area contributed by atoms with Crippen molar-refractivity contribution < 1.29 is 19.7 Å². The third kappa shape index (κ3) is 4.66. The van der Waals surface area contributed by atoms with E-state index in [1.54, 1.807) is 6.07 Å². The second-order valence-electron chi connectivity index (χ2n) is 5.27. The number of phenolic OH excluding ortho intramolecular Hbond substituents is 1. The summed E-state index contributed by atoms with van der Waals surface area (Å²) in [4.78, 5) is 10.8. The van der Waals surface area contributed by atoms with Gasteiger partial charge in [-0.15, -0.1) is 0 Å². The molecule has 1 aromatic rings. The number of hydrogen-bond donors (Lipinski definition) is 2. The average Bonchev–Trinajstić information content (AvgIpc) is 2.44. The molecule has 1 rings (SSSR count). The Morgan fingerprint density at radius 2 is 1.81 bits per heavy atom. The first kappa shape index (κ1) is 17.3. The molecule has 4 heteroatoms. The molecule has 0 radical (unpaired) electrons. The highest BCUT2D eigenvalue weighted by molar-refractivity contribution is 5.65. The van der Waals surface area contributed by atoms with Crippen molar-refractivity contribution >= 4 is 6.16 Å². The lowest BCUT2D eigenvalue weighted by Gasteiger charge is -2.17. The van der Waals surface area contributed by atoms with Crippen LogP contribution in [0.3, 0.4) is 0 Å². The van der Waals surface area contributed by atoms with Gasteiger partial charge in [-0.05, 0) is 42.9 Å². The van der Waals surface area contributed by atoms with Gasteiger partial charge in [0.2, 0.25) is 0 Å². The summed E-state index contributed by atoms with van der Waals surface area (Å²) < 4.78 is 4.75. The van der Waals surface area contributed by atoms with Gasteiger partial charge in [0.05, 0.1) is 0 Å². The van der Waals surface area contributed by atoms with Crippen molar-refractivity contribution in [2.24, 2.45) is 0 Å². The largest absolute Gasteiger partial charge is 0.511 e. The molecule has 0 aromatic heterocycles. The van der Waals surface area contributed by atoms with E-state index in [1.807, 2.05) is 6.92 Å². The van der Waals surface area contributed by atoms with Crippen LogP contribution in [0, 0.1) is 0 Å². The number of benzene rings is 1. The minimum Gasteiger partial charge on any atom is -0.504 e. The Bertz CT molecular complexity index is 480. The maximum Gasteiger partial charge on any atom is 0.511 e. The van der Waals surface area contributed by atoms with Crippen LogP contribution in [0.4, 0.5) is 4.79 Å². The van der Waals surface area contributed by atoms with Crippen LogP contribution >= 0.6 is 0 Å². The summed E-state index contributed by atoms with van der Waals surface area (Å²) in [5, 5.41) is 19.1.